The molecule has 7 nitrogen and oxygen atoms in total. The maximum absolute atomic E-state index is 13.1. The Kier molecular flexibility index (Phi) is 6.01. The average molecular weight is 449 g/mol. The predicted octanol–water partition coefficient (Wildman–Crippen LogP) is 3.10. The van der Waals surface area contributed by atoms with E-state index in [0.29, 0.717) is 54.2 Å². The Bertz CT molecular complexity index is 946. The number of amides is 2. The molecule has 0 spiro atoms. The van der Waals surface area contributed by atoms with E-state index in [4.69, 9.17) is 27.9 Å². The molecule has 0 radical (unpaired) electrons. The molecule has 1 atom stereocenters. The number of ether oxygens (including phenoxy) is 1. The number of rotatable bonds is 4. The van der Waals surface area contributed by atoms with Crippen LogP contribution in [0.1, 0.15) is 6.42 Å². The minimum atomic E-state index is -0.374. The maximum Gasteiger partial charge on any atom is 0.228 e. The first-order valence-electron chi connectivity index (χ1n) is 9.75. The van der Waals surface area contributed by atoms with Gasteiger partial charge >= 0.3 is 0 Å². The molecule has 2 saturated heterocycles. The third-order valence-electron chi connectivity index (χ3n) is 5.53. The number of aromatic nitrogens is 1. The van der Waals surface area contributed by atoms with Crippen LogP contribution in [0, 0.1) is 5.92 Å². The van der Waals surface area contributed by atoms with E-state index in [1.807, 2.05) is 17.0 Å². The average Bonchev–Trinajstić information content (AvgIpc) is 3.15. The van der Waals surface area contributed by atoms with Gasteiger partial charge in [0.25, 0.3) is 0 Å². The maximum atomic E-state index is 13.1. The van der Waals surface area contributed by atoms with E-state index in [0.717, 1.165) is 5.82 Å². The second kappa shape index (κ2) is 8.70. The monoisotopic (exact) mass is 448 g/mol. The standard InChI is InChI=1S/C21H22Cl2N4O3/c1-30-18-4-2-15(22)11-17(18)27-13-14(10-20(27)28)21(29)26-8-6-25(7-9-26)19-5-3-16(23)12-24-19/h2-5,11-12,14H,6-10,13H2,1H3. The fourth-order valence-corrected chi connectivity index (χ4v) is 4.23. The number of piperazine rings is 1. The molecule has 1 aromatic carbocycles. The zero-order valence-electron chi connectivity index (χ0n) is 16.6. The molecule has 1 aromatic heterocycles. The molecule has 0 bridgehead atoms. The van der Waals surface area contributed by atoms with Crippen LogP contribution in [0.3, 0.4) is 0 Å². The smallest absolute Gasteiger partial charge is 0.228 e. The summed E-state index contributed by atoms with van der Waals surface area (Å²) >= 11 is 12.0. The minimum Gasteiger partial charge on any atom is -0.495 e. The quantitative estimate of drug-likeness (QED) is 0.718. The molecule has 0 aliphatic carbocycles. The van der Waals surface area contributed by atoms with Gasteiger partial charge in [0.1, 0.15) is 11.6 Å². The van der Waals surface area contributed by atoms with E-state index in [9.17, 15) is 9.59 Å². The van der Waals surface area contributed by atoms with E-state index >= 15 is 0 Å². The summed E-state index contributed by atoms with van der Waals surface area (Å²) in [5, 5.41) is 1.11. The van der Waals surface area contributed by atoms with Crippen LogP contribution in [0.4, 0.5) is 11.5 Å². The molecule has 0 N–H and O–H groups in total. The Balaban J connectivity index is 1.40. The second-order valence-electron chi connectivity index (χ2n) is 7.37. The highest BCUT2D eigenvalue weighted by Crippen LogP contribution is 2.35. The van der Waals surface area contributed by atoms with Crippen molar-refractivity contribution in [3.63, 3.8) is 0 Å². The van der Waals surface area contributed by atoms with E-state index < -0.39 is 0 Å². The molecule has 0 saturated carbocycles. The van der Waals surface area contributed by atoms with Gasteiger partial charge in [0.2, 0.25) is 11.8 Å². The normalized spacial score (nSPS) is 19.4. The molecule has 2 aromatic rings. The van der Waals surface area contributed by atoms with Gasteiger partial charge in [0.05, 0.1) is 23.7 Å². The Hall–Kier alpha value is -2.51. The van der Waals surface area contributed by atoms with Gasteiger partial charge < -0.3 is 19.4 Å². The van der Waals surface area contributed by atoms with E-state index in [1.165, 1.54) is 0 Å². The molecule has 3 heterocycles. The van der Waals surface area contributed by atoms with Gasteiger partial charge in [-0.2, -0.15) is 0 Å². The molecule has 4 rings (SSSR count). The first-order chi connectivity index (χ1) is 14.5. The zero-order chi connectivity index (χ0) is 21.3. The molecule has 1 unspecified atom stereocenters. The molecular formula is C21H22Cl2N4O3. The van der Waals surface area contributed by atoms with Crippen LogP contribution in [0.2, 0.25) is 10.0 Å². The Morgan fingerprint density at radius 1 is 1.10 bits per heavy atom. The van der Waals surface area contributed by atoms with Gasteiger partial charge in [-0.05, 0) is 30.3 Å². The van der Waals surface area contributed by atoms with Crippen LogP contribution < -0.4 is 14.5 Å². The highest BCUT2D eigenvalue weighted by Gasteiger charge is 2.39. The summed E-state index contributed by atoms with van der Waals surface area (Å²) in [5.74, 6) is 0.946. The van der Waals surface area contributed by atoms with Gasteiger partial charge in [-0.1, -0.05) is 23.2 Å². The van der Waals surface area contributed by atoms with Crippen molar-refractivity contribution >= 4 is 46.5 Å². The van der Waals surface area contributed by atoms with Gasteiger partial charge in [-0.15, -0.1) is 0 Å². The summed E-state index contributed by atoms with van der Waals surface area (Å²) in [4.78, 5) is 35.6. The molecule has 9 heteroatoms. The summed E-state index contributed by atoms with van der Waals surface area (Å²) in [6, 6.07) is 8.82. The lowest BCUT2D eigenvalue weighted by Gasteiger charge is -2.36. The number of hydrogen-bond donors (Lipinski definition) is 0. The molecule has 2 fully saturated rings. The second-order valence-corrected chi connectivity index (χ2v) is 8.24. The lowest BCUT2D eigenvalue weighted by molar-refractivity contribution is -0.136. The van der Waals surface area contributed by atoms with Crippen LogP contribution in [0.15, 0.2) is 36.5 Å². The van der Waals surface area contributed by atoms with Crippen LogP contribution >= 0.6 is 23.2 Å². The van der Waals surface area contributed by atoms with Crippen molar-refractivity contribution in [3.8, 4) is 5.75 Å². The van der Waals surface area contributed by atoms with Crippen LogP contribution in [0.5, 0.6) is 5.75 Å². The van der Waals surface area contributed by atoms with E-state index in [1.54, 1.807) is 36.4 Å². The molecule has 2 aliphatic rings. The number of halogens is 2. The van der Waals surface area contributed by atoms with Crippen LogP contribution in [0.25, 0.3) is 0 Å². The van der Waals surface area contributed by atoms with E-state index in [2.05, 4.69) is 9.88 Å². The fourth-order valence-electron chi connectivity index (χ4n) is 3.95. The molecule has 2 aliphatic heterocycles. The minimum absolute atomic E-state index is 0.00978. The lowest BCUT2D eigenvalue weighted by atomic mass is 10.1. The number of benzene rings is 1. The summed E-state index contributed by atoms with van der Waals surface area (Å²) in [6.07, 6.45) is 1.81. The topological polar surface area (TPSA) is 66.0 Å². The van der Waals surface area contributed by atoms with Crippen molar-refractivity contribution in [1.29, 1.82) is 0 Å². The SMILES string of the molecule is COc1ccc(Cl)cc1N1CC(C(=O)N2CCN(c3ccc(Cl)cn3)CC2)CC1=O. The predicted molar refractivity (Wildman–Crippen MR) is 117 cm³/mol. The highest BCUT2D eigenvalue weighted by molar-refractivity contribution is 6.31. The van der Waals surface area contributed by atoms with Crippen molar-refractivity contribution in [2.75, 3.05) is 49.6 Å². The zero-order valence-corrected chi connectivity index (χ0v) is 18.1. The largest absolute Gasteiger partial charge is 0.495 e. The Morgan fingerprint density at radius 3 is 2.50 bits per heavy atom. The summed E-state index contributed by atoms with van der Waals surface area (Å²) < 4.78 is 5.37. The number of methoxy groups -OCH3 is 1. The number of nitrogens with zero attached hydrogens (tertiary/aromatic N) is 4. The molecular weight excluding hydrogens is 427 g/mol. The van der Waals surface area contributed by atoms with Crippen molar-refractivity contribution in [2.24, 2.45) is 5.92 Å². The molecule has 158 valence electrons. The first kappa shape index (κ1) is 20.8. The lowest BCUT2D eigenvalue weighted by Crippen LogP contribution is -2.51. The van der Waals surface area contributed by atoms with Crippen molar-refractivity contribution in [3.05, 3.63) is 46.6 Å². The highest BCUT2D eigenvalue weighted by atomic mass is 35.5. The van der Waals surface area contributed by atoms with Gasteiger partial charge in [-0.3, -0.25) is 9.59 Å². The van der Waals surface area contributed by atoms with Gasteiger partial charge in [0, 0.05) is 50.4 Å². The number of carbonyl (C=O) groups is 2. The number of hydrogen-bond acceptors (Lipinski definition) is 5. The van der Waals surface area contributed by atoms with Crippen molar-refractivity contribution in [1.82, 2.24) is 9.88 Å². The van der Waals surface area contributed by atoms with Gasteiger partial charge in [-0.25, -0.2) is 4.98 Å². The van der Waals surface area contributed by atoms with Crippen molar-refractivity contribution in [2.45, 2.75) is 6.42 Å². The van der Waals surface area contributed by atoms with Crippen molar-refractivity contribution < 1.29 is 14.3 Å². The Labute approximate surface area is 185 Å². The third kappa shape index (κ3) is 4.18. The summed E-state index contributed by atoms with van der Waals surface area (Å²) in [5.41, 5.74) is 0.601. The fraction of sp³-hybridized carbons (Fsp3) is 0.381. The van der Waals surface area contributed by atoms with Gasteiger partial charge in [0.15, 0.2) is 0 Å². The summed E-state index contributed by atoms with van der Waals surface area (Å²) in [6.45, 7) is 2.88. The Morgan fingerprint density at radius 2 is 1.83 bits per heavy atom. The van der Waals surface area contributed by atoms with Crippen LogP contribution in [-0.4, -0.2) is 61.5 Å². The number of pyridine rings is 1. The molecule has 2 amide bonds. The third-order valence-corrected chi connectivity index (χ3v) is 5.99. The first-order valence-corrected chi connectivity index (χ1v) is 10.5. The molecule has 30 heavy (non-hydrogen) atoms. The van der Waals surface area contributed by atoms with Crippen LogP contribution in [-0.2, 0) is 9.59 Å². The number of anilines is 2. The summed E-state index contributed by atoms with van der Waals surface area (Å²) in [7, 11) is 1.55. The van der Waals surface area contributed by atoms with E-state index in [-0.39, 0.29) is 24.2 Å². The number of carbonyl (C=O) groups excluding carboxylic acids is 2.